The Hall–Kier alpha value is -2.72. The van der Waals surface area contributed by atoms with E-state index in [4.69, 9.17) is 9.47 Å². The minimum atomic E-state index is -0.248. The molecule has 5 aliphatic rings. The first-order chi connectivity index (χ1) is 18.0. The number of nitrogens with zero attached hydrogens (tertiary/aromatic N) is 4. The molecule has 202 valence electrons. The molecule has 4 aliphatic heterocycles. The molecule has 1 aromatic heterocycles. The maximum atomic E-state index is 13.6. The molecule has 1 aliphatic carbocycles. The van der Waals surface area contributed by atoms with Crippen molar-refractivity contribution >= 4 is 17.7 Å². The van der Waals surface area contributed by atoms with E-state index in [1.165, 1.54) is 12.8 Å². The SMILES string of the molecule is CC(=O)N1CCOCCOc2cccc(n2)C(=O)N[C@H]2C[C@@H](C(=O)N3CCC(CC3)C1)N(CC1CC1)C2. The van der Waals surface area contributed by atoms with Crippen molar-refractivity contribution in [2.45, 2.75) is 51.1 Å². The molecular formula is C27H39N5O5. The Morgan fingerprint density at radius 2 is 1.86 bits per heavy atom. The van der Waals surface area contributed by atoms with Gasteiger partial charge in [0, 0.05) is 58.3 Å². The van der Waals surface area contributed by atoms with E-state index in [9.17, 15) is 14.4 Å². The molecule has 1 N–H and O–H groups in total. The van der Waals surface area contributed by atoms with Crippen LogP contribution in [-0.2, 0) is 14.3 Å². The zero-order valence-electron chi connectivity index (χ0n) is 21.8. The van der Waals surface area contributed by atoms with Crippen molar-refractivity contribution in [2.75, 3.05) is 59.1 Å². The number of ether oxygens (including phenoxy) is 2. The number of hydrogen-bond donors (Lipinski definition) is 1. The van der Waals surface area contributed by atoms with Crippen molar-refractivity contribution in [1.82, 2.24) is 25.0 Å². The summed E-state index contributed by atoms with van der Waals surface area (Å²) in [6.07, 6.45) is 4.83. The van der Waals surface area contributed by atoms with Crippen LogP contribution in [0.5, 0.6) is 5.88 Å². The molecule has 37 heavy (non-hydrogen) atoms. The molecule has 10 heteroatoms. The first-order valence-electron chi connectivity index (χ1n) is 13.7. The number of amides is 3. The zero-order valence-corrected chi connectivity index (χ0v) is 21.8. The van der Waals surface area contributed by atoms with Gasteiger partial charge in [-0.3, -0.25) is 19.3 Å². The van der Waals surface area contributed by atoms with Crippen LogP contribution >= 0.6 is 0 Å². The van der Waals surface area contributed by atoms with Crippen LogP contribution < -0.4 is 10.1 Å². The minimum Gasteiger partial charge on any atom is -0.475 e. The number of nitrogens with one attached hydrogen (secondary N) is 1. The second-order valence-corrected chi connectivity index (χ2v) is 10.9. The lowest BCUT2D eigenvalue weighted by Gasteiger charge is -2.37. The topological polar surface area (TPSA) is 104 Å². The number of rotatable bonds is 2. The van der Waals surface area contributed by atoms with Crippen molar-refractivity contribution < 1.29 is 23.9 Å². The maximum absolute atomic E-state index is 13.6. The van der Waals surface area contributed by atoms with E-state index in [-0.39, 0.29) is 29.8 Å². The first-order valence-corrected chi connectivity index (χ1v) is 13.7. The van der Waals surface area contributed by atoms with E-state index >= 15 is 0 Å². The number of likely N-dealkylation sites (tertiary alicyclic amines) is 1. The fourth-order valence-electron chi connectivity index (χ4n) is 5.70. The summed E-state index contributed by atoms with van der Waals surface area (Å²) in [7, 11) is 0. The van der Waals surface area contributed by atoms with E-state index in [2.05, 4.69) is 15.2 Å². The standard InChI is InChI=1S/C27H39N5O5/c1-19(33)31-11-12-36-13-14-37-25-4-2-3-23(29-25)26(34)28-22-15-24(32(18-22)17-20-5-6-20)27(35)30-9-7-21(16-31)8-10-30/h2-4,20-22,24H,5-18H2,1H3,(H,28,34)/t22-,24-/m0/s1. The molecule has 6 bridgehead atoms. The highest BCUT2D eigenvalue weighted by molar-refractivity contribution is 5.92. The van der Waals surface area contributed by atoms with E-state index in [0.717, 1.165) is 19.4 Å². The van der Waals surface area contributed by atoms with E-state index in [0.29, 0.717) is 82.4 Å². The molecule has 2 atom stereocenters. The highest BCUT2D eigenvalue weighted by Crippen LogP contribution is 2.33. The molecule has 1 saturated carbocycles. The number of aromatic nitrogens is 1. The van der Waals surface area contributed by atoms with Gasteiger partial charge >= 0.3 is 0 Å². The number of pyridine rings is 1. The Morgan fingerprint density at radius 1 is 1.05 bits per heavy atom. The summed E-state index contributed by atoms with van der Waals surface area (Å²) in [6.45, 7) is 6.94. The smallest absolute Gasteiger partial charge is 0.270 e. The quantitative estimate of drug-likeness (QED) is 0.592. The normalized spacial score (nSPS) is 28.4. The molecule has 1 aromatic rings. The molecule has 3 fully saturated rings. The highest BCUT2D eigenvalue weighted by atomic mass is 16.5. The largest absolute Gasteiger partial charge is 0.475 e. The van der Waals surface area contributed by atoms with Gasteiger partial charge in [-0.25, -0.2) is 4.98 Å². The van der Waals surface area contributed by atoms with Gasteiger partial charge in [-0.05, 0) is 50.0 Å². The van der Waals surface area contributed by atoms with E-state index in [1.807, 2.05) is 9.80 Å². The molecule has 0 unspecified atom stereocenters. The highest BCUT2D eigenvalue weighted by Gasteiger charge is 2.42. The second kappa shape index (κ2) is 11.8. The Balaban J connectivity index is 1.31. The Labute approximate surface area is 218 Å². The Kier molecular flexibility index (Phi) is 8.24. The van der Waals surface area contributed by atoms with Crippen LogP contribution in [0, 0.1) is 11.8 Å². The molecule has 0 spiro atoms. The molecule has 5 heterocycles. The summed E-state index contributed by atoms with van der Waals surface area (Å²) < 4.78 is 11.4. The van der Waals surface area contributed by atoms with Crippen LogP contribution in [-0.4, -0.2) is 109 Å². The van der Waals surface area contributed by atoms with Gasteiger partial charge in [0.2, 0.25) is 17.7 Å². The van der Waals surface area contributed by atoms with Crippen LogP contribution in [0.25, 0.3) is 0 Å². The lowest BCUT2D eigenvalue weighted by molar-refractivity contribution is -0.138. The summed E-state index contributed by atoms with van der Waals surface area (Å²) in [6, 6.07) is 4.84. The Bertz CT molecular complexity index is 978. The van der Waals surface area contributed by atoms with Gasteiger partial charge in [0.15, 0.2) is 0 Å². The van der Waals surface area contributed by atoms with Gasteiger partial charge < -0.3 is 24.6 Å². The monoisotopic (exact) mass is 513 g/mol. The number of hydrogen-bond acceptors (Lipinski definition) is 7. The summed E-state index contributed by atoms with van der Waals surface area (Å²) in [5.41, 5.74) is 0.298. The van der Waals surface area contributed by atoms with Crippen LogP contribution in [0.4, 0.5) is 0 Å². The fourth-order valence-corrected chi connectivity index (χ4v) is 5.70. The summed E-state index contributed by atoms with van der Waals surface area (Å²) in [4.78, 5) is 49.4. The third kappa shape index (κ3) is 6.78. The van der Waals surface area contributed by atoms with Crippen LogP contribution in [0.1, 0.15) is 49.5 Å². The summed E-state index contributed by atoms with van der Waals surface area (Å²) in [5, 5.41) is 3.12. The maximum Gasteiger partial charge on any atom is 0.270 e. The van der Waals surface area contributed by atoms with Crippen molar-refractivity contribution in [3.63, 3.8) is 0 Å². The lowest BCUT2D eigenvalue weighted by Crippen LogP contribution is -2.50. The van der Waals surface area contributed by atoms with E-state index in [1.54, 1.807) is 25.1 Å². The minimum absolute atomic E-state index is 0.0441. The van der Waals surface area contributed by atoms with Crippen molar-refractivity contribution in [2.24, 2.45) is 11.8 Å². The van der Waals surface area contributed by atoms with Crippen molar-refractivity contribution in [3.05, 3.63) is 23.9 Å². The molecule has 0 radical (unpaired) electrons. The average molecular weight is 514 g/mol. The van der Waals surface area contributed by atoms with Gasteiger partial charge in [-0.15, -0.1) is 0 Å². The summed E-state index contributed by atoms with van der Waals surface area (Å²) >= 11 is 0. The molecular weight excluding hydrogens is 474 g/mol. The van der Waals surface area contributed by atoms with Gasteiger partial charge in [0.25, 0.3) is 5.91 Å². The number of fused-ring (bicyclic) bond motifs is 10. The predicted molar refractivity (Wildman–Crippen MR) is 136 cm³/mol. The number of carbonyl (C=O) groups excluding carboxylic acids is 3. The predicted octanol–water partition coefficient (Wildman–Crippen LogP) is 1.16. The molecule has 3 amide bonds. The molecule has 0 aromatic carbocycles. The van der Waals surface area contributed by atoms with Gasteiger partial charge in [0.1, 0.15) is 12.3 Å². The van der Waals surface area contributed by atoms with Crippen LogP contribution in [0.2, 0.25) is 0 Å². The summed E-state index contributed by atoms with van der Waals surface area (Å²) in [5.74, 6) is 1.37. The molecule has 6 rings (SSSR count). The second-order valence-electron chi connectivity index (χ2n) is 10.9. The van der Waals surface area contributed by atoms with Crippen LogP contribution in [0.15, 0.2) is 18.2 Å². The van der Waals surface area contributed by atoms with Gasteiger partial charge in [-0.1, -0.05) is 6.07 Å². The zero-order chi connectivity index (χ0) is 25.8. The molecule has 10 nitrogen and oxygen atoms in total. The fraction of sp³-hybridized carbons (Fsp3) is 0.704. The van der Waals surface area contributed by atoms with Gasteiger partial charge in [-0.2, -0.15) is 0 Å². The average Bonchev–Trinajstić information content (AvgIpc) is 3.63. The van der Waals surface area contributed by atoms with Gasteiger partial charge in [0.05, 0.1) is 19.3 Å². The molecule has 2 saturated heterocycles. The van der Waals surface area contributed by atoms with E-state index < -0.39 is 0 Å². The third-order valence-corrected chi connectivity index (χ3v) is 8.00. The third-order valence-electron chi connectivity index (χ3n) is 8.00. The lowest BCUT2D eigenvalue weighted by atomic mass is 9.95. The Morgan fingerprint density at radius 3 is 2.62 bits per heavy atom. The van der Waals surface area contributed by atoms with Crippen LogP contribution in [0.3, 0.4) is 0 Å². The first kappa shape index (κ1) is 25.9. The number of piperidine rings is 1. The van der Waals surface area contributed by atoms with Crippen molar-refractivity contribution in [3.8, 4) is 5.88 Å². The number of carbonyl (C=O) groups is 3. The van der Waals surface area contributed by atoms with Crippen molar-refractivity contribution in [1.29, 1.82) is 0 Å².